The molecule has 0 aliphatic carbocycles. The fourth-order valence-corrected chi connectivity index (χ4v) is 2.13. The Kier molecular flexibility index (Phi) is 6.53. The molecule has 0 aliphatic heterocycles. The van der Waals surface area contributed by atoms with E-state index in [2.05, 4.69) is 26.1 Å². The van der Waals surface area contributed by atoms with Gasteiger partial charge in [0.15, 0.2) is 0 Å². The minimum atomic E-state index is -4.26. The number of hydrogen-bond donors (Lipinski definition) is 1. The molecule has 0 fully saturated rings. The summed E-state index contributed by atoms with van der Waals surface area (Å²) in [5, 5.41) is 3.43. The van der Waals surface area contributed by atoms with Crippen molar-refractivity contribution in [2.45, 2.75) is 52.3 Å². The van der Waals surface area contributed by atoms with Gasteiger partial charge in [-0.25, -0.2) is 0 Å². The number of halogens is 3. The van der Waals surface area contributed by atoms with Crippen molar-refractivity contribution in [2.75, 3.05) is 6.54 Å². The van der Waals surface area contributed by atoms with E-state index in [0.29, 0.717) is 5.92 Å². The Hall–Kier alpha value is -1.03. The molecule has 0 amide bonds. The van der Waals surface area contributed by atoms with Crippen molar-refractivity contribution in [3.05, 3.63) is 35.4 Å². The molecular formula is C16H24F3N. The second-order valence-electron chi connectivity index (χ2n) is 5.38. The van der Waals surface area contributed by atoms with E-state index in [-0.39, 0.29) is 6.04 Å². The fraction of sp³-hybridized carbons (Fsp3) is 0.625. The number of rotatable bonds is 7. The van der Waals surface area contributed by atoms with Crippen LogP contribution in [0, 0.1) is 5.92 Å². The van der Waals surface area contributed by atoms with Crippen molar-refractivity contribution in [1.29, 1.82) is 0 Å². The molecular weight excluding hydrogens is 263 g/mol. The molecule has 0 saturated carbocycles. The molecule has 2 atom stereocenters. The molecule has 1 rings (SSSR count). The van der Waals surface area contributed by atoms with Gasteiger partial charge in [-0.2, -0.15) is 13.2 Å². The van der Waals surface area contributed by atoms with Gasteiger partial charge in [0.1, 0.15) is 0 Å². The topological polar surface area (TPSA) is 12.0 Å². The molecule has 0 radical (unpaired) electrons. The lowest BCUT2D eigenvalue weighted by Crippen LogP contribution is -2.24. The maximum absolute atomic E-state index is 12.6. The normalized spacial score (nSPS) is 15.1. The molecule has 0 aliphatic rings. The van der Waals surface area contributed by atoms with Gasteiger partial charge in [-0.15, -0.1) is 0 Å². The van der Waals surface area contributed by atoms with Crippen molar-refractivity contribution in [2.24, 2.45) is 5.92 Å². The zero-order valence-corrected chi connectivity index (χ0v) is 12.4. The molecule has 2 unspecified atom stereocenters. The summed E-state index contributed by atoms with van der Waals surface area (Å²) in [5.41, 5.74) is 0.353. The highest BCUT2D eigenvalue weighted by Crippen LogP contribution is 2.31. The van der Waals surface area contributed by atoms with E-state index in [9.17, 15) is 13.2 Å². The zero-order chi connectivity index (χ0) is 15.2. The number of alkyl halides is 3. The lowest BCUT2D eigenvalue weighted by Gasteiger charge is -2.22. The summed E-state index contributed by atoms with van der Waals surface area (Å²) >= 11 is 0. The molecule has 0 saturated heterocycles. The second kappa shape index (κ2) is 7.67. The first kappa shape index (κ1) is 17.0. The Balaban J connectivity index is 2.84. The minimum absolute atomic E-state index is 0.132. The van der Waals surface area contributed by atoms with Crippen LogP contribution in [-0.2, 0) is 6.18 Å². The van der Waals surface area contributed by atoms with E-state index in [1.54, 1.807) is 12.1 Å². The maximum Gasteiger partial charge on any atom is 0.416 e. The summed E-state index contributed by atoms with van der Waals surface area (Å²) in [4.78, 5) is 0. The summed E-state index contributed by atoms with van der Waals surface area (Å²) in [6.45, 7) is 7.27. The van der Waals surface area contributed by atoms with Crippen LogP contribution in [0.15, 0.2) is 24.3 Å². The molecule has 114 valence electrons. The van der Waals surface area contributed by atoms with Crippen molar-refractivity contribution in [1.82, 2.24) is 5.32 Å². The first-order chi connectivity index (χ1) is 9.38. The van der Waals surface area contributed by atoms with E-state index in [0.717, 1.165) is 31.4 Å². The highest BCUT2D eigenvalue weighted by molar-refractivity contribution is 5.26. The van der Waals surface area contributed by atoms with Crippen molar-refractivity contribution in [3.8, 4) is 0 Å². The Morgan fingerprint density at radius 3 is 2.15 bits per heavy atom. The standard InChI is InChI=1S/C16H24F3N/c1-4-10-20-15(11-12(3)5-2)13-6-8-14(9-7-13)16(17,18)19/h6-9,12,15,20H,4-5,10-11H2,1-3H3. The Labute approximate surface area is 119 Å². The van der Waals surface area contributed by atoms with Crippen LogP contribution >= 0.6 is 0 Å². The molecule has 20 heavy (non-hydrogen) atoms. The zero-order valence-electron chi connectivity index (χ0n) is 12.4. The molecule has 0 spiro atoms. The predicted octanol–water partition coefficient (Wildman–Crippen LogP) is 5.18. The van der Waals surface area contributed by atoms with Gasteiger partial charge in [0.2, 0.25) is 0 Å². The van der Waals surface area contributed by atoms with Crippen LogP contribution in [-0.4, -0.2) is 6.54 Å². The van der Waals surface area contributed by atoms with Crippen LogP contribution in [0.4, 0.5) is 13.2 Å². The monoisotopic (exact) mass is 287 g/mol. The SMILES string of the molecule is CCCNC(CC(C)CC)c1ccc(C(F)(F)F)cc1. The van der Waals surface area contributed by atoms with Crippen LogP contribution in [0.2, 0.25) is 0 Å². The van der Waals surface area contributed by atoms with Crippen molar-refractivity contribution in [3.63, 3.8) is 0 Å². The summed E-state index contributed by atoms with van der Waals surface area (Å²) in [6, 6.07) is 5.67. The number of benzene rings is 1. The van der Waals surface area contributed by atoms with Gasteiger partial charge < -0.3 is 5.32 Å². The quantitative estimate of drug-likeness (QED) is 0.728. The third-order valence-electron chi connectivity index (χ3n) is 3.62. The average molecular weight is 287 g/mol. The first-order valence-corrected chi connectivity index (χ1v) is 7.29. The number of nitrogens with one attached hydrogen (secondary N) is 1. The highest BCUT2D eigenvalue weighted by Gasteiger charge is 2.30. The second-order valence-corrected chi connectivity index (χ2v) is 5.38. The molecule has 1 aromatic carbocycles. The smallest absolute Gasteiger partial charge is 0.310 e. The van der Waals surface area contributed by atoms with Crippen molar-refractivity contribution >= 4 is 0 Å². The summed E-state index contributed by atoms with van der Waals surface area (Å²) in [7, 11) is 0. The minimum Gasteiger partial charge on any atom is -0.310 e. The van der Waals surface area contributed by atoms with Gasteiger partial charge >= 0.3 is 6.18 Å². The van der Waals surface area contributed by atoms with Crippen LogP contribution in [0.3, 0.4) is 0 Å². The predicted molar refractivity (Wildman–Crippen MR) is 76.6 cm³/mol. The lowest BCUT2D eigenvalue weighted by molar-refractivity contribution is -0.137. The lowest BCUT2D eigenvalue weighted by atomic mass is 9.93. The first-order valence-electron chi connectivity index (χ1n) is 7.29. The third-order valence-corrected chi connectivity index (χ3v) is 3.62. The van der Waals surface area contributed by atoms with E-state index in [4.69, 9.17) is 0 Å². The Morgan fingerprint density at radius 2 is 1.70 bits per heavy atom. The Morgan fingerprint density at radius 1 is 1.10 bits per heavy atom. The molecule has 1 aromatic rings. The van der Waals surface area contributed by atoms with Crippen LogP contribution in [0.5, 0.6) is 0 Å². The largest absolute Gasteiger partial charge is 0.416 e. The molecule has 4 heteroatoms. The van der Waals surface area contributed by atoms with Gasteiger partial charge in [0, 0.05) is 6.04 Å². The van der Waals surface area contributed by atoms with Gasteiger partial charge in [0.25, 0.3) is 0 Å². The van der Waals surface area contributed by atoms with E-state index in [1.807, 2.05) is 0 Å². The molecule has 0 aromatic heterocycles. The molecule has 0 heterocycles. The summed E-state index contributed by atoms with van der Waals surface area (Å²) in [6.07, 6.45) is -1.23. The van der Waals surface area contributed by atoms with E-state index < -0.39 is 11.7 Å². The van der Waals surface area contributed by atoms with Gasteiger partial charge in [-0.05, 0) is 43.0 Å². The van der Waals surface area contributed by atoms with E-state index >= 15 is 0 Å². The summed E-state index contributed by atoms with van der Waals surface area (Å²) < 4.78 is 37.7. The maximum atomic E-state index is 12.6. The third kappa shape index (κ3) is 5.16. The molecule has 0 bridgehead atoms. The fourth-order valence-electron chi connectivity index (χ4n) is 2.13. The highest BCUT2D eigenvalue weighted by atomic mass is 19.4. The Bertz CT molecular complexity index is 384. The average Bonchev–Trinajstić information content (AvgIpc) is 2.42. The van der Waals surface area contributed by atoms with Gasteiger partial charge in [-0.1, -0.05) is 39.3 Å². The van der Waals surface area contributed by atoms with Gasteiger partial charge in [0.05, 0.1) is 5.56 Å². The molecule has 1 nitrogen and oxygen atoms in total. The van der Waals surface area contributed by atoms with E-state index in [1.165, 1.54) is 12.1 Å². The van der Waals surface area contributed by atoms with Crippen LogP contribution in [0.1, 0.15) is 57.2 Å². The van der Waals surface area contributed by atoms with Crippen LogP contribution < -0.4 is 5.32 Å². The number of hydrogen-bond acceptors (Lipinski definition) is 1. The molecule has 1 N–H and O–H groups in total. The summed E-state index contributed by atoms with van der Waals surface area (Å²) in [5.74, 6) is 0.548. The van der Waals surface area contributed by atoms with Gasteiger partial charge in [-0.3, -0.25) is 0 Å². The van der Waals surface area contributed by atoms with Crippen LogP contribution in [0.25, 0.3) is 0 Å². The van der Waals surface area contributed by atoms with Crippen molar-refractivity contribution < 1.29 is 13.2 Å².